The first-order valence-electron chi connectivity index (χ1n) is 8.98. The maximum absolute atomic E-state index is 8.76. The van der Waals surface area contributed by atoms with Crippen LogP contribution in [0.3, 0.4) is 0 Å². The molecule has 0 fully saturated rings. The lowest BCUT2D eigenvalue weighted by molar-refractivity contribution is 0.317. The van der Waals surface area contributed by atoms with E-state index in [0.717, 1.165) is 17.7 Å². The number of nitrogens with zero attached hydrogens (tertiary/aromatic N) is 4. The zero-order chi connectivity index (χ0) is 22.6. The van der Waals surface area contributed by atoms with Gasteiger partial charge in [-0.2, -0.15) is 10.5 Å². The van der Waals surface area contributed by atoms with Gasteiger partial charge in [-0.3, -0.25) is 0 Å². The molecule has 3 aromatic rings. The number of hydrogen-bond acceptors (Lipinski definition) is 5. The molecule has 2 heterocycles. The molecule has 0 spiro atoms. The summed E-state index contributed by atoms with van der Waals surface area (Å²) in [6.07, 6.45) is 3.90. The lowest BCUT2D eigenvalue weighted by atomic mass is 10.2. The number of pyridine rings is 2. The summed E-state index contributed by atoms with van der Waals surface area (Å²) in [6, 6.07) is 14.4. The highest BCUT2D eigenvalue weighted by Crippen LogP contribution is 2.17. The first-order valence-corrected chi connectivity index (χ1v) is 10.1. The quantitative estimate of drug-likeness (QED) is 0.436. The number of aromatic nitrogens is 2. The van der Waals surface area contributed by atoms with E-state index in [9.17, 15) is 0 Å². The second-order valence-corrected chi connectivity index (χ2v) is 7.14. The smallest absolute Gasteiger partial charge is 0.159 e. The van der Waals surface area contributed by atoms with E-state index >= 15 is 0 Å². The minimum Gasteiger partial charge on any atom is -0.494 e. The Morgan fingerprint density at radius 3 is 1.97 bits per heavy atom. The van der Waals surface area contributed by atoms with E-state index in [1.807, 2.05) is 36.4 Å². The molecule has 1 aromatic carbocycles. The van der Waals surface area contributed by atoms with Crippen molar-refractivity contribution in [3.8, 4) is 29.7 Å². The van der Waals surface area contributed by atoms with Crippen molar-refractivity contribution in [2.75, 3.05) is 6.61 Å². The van der Waals surface area contributed by atoms with Gasteiger partial charge in [-0.05, 0) is 42.8 Å². The Labute approximate surface area is 195 Å². The van der Waals surface area contributed by atoms with Crippen LogP contribution in [-0.2, 0) is 0 Å². The molecule has 0 saturated carbocycles. The topological polar surface area (TPSA) is 82.6 Å². The molecule has 0 radical (unpaired) electrons. The fourth-order valence-corrected chi connectivity index (χ4v) is 2.72. The Hall–Kier alpha value is -3.27. The third-order valence-corrected chi connectivity index (χ3v) is 4.32. The maximum Gasteiger partial charge on any atom is 0.159 e. The highest BCUT2D eigenvalue weighted by molar-refractivity contribution is 6.35. The SMILES string of the molecule is CCCOc1ccc(C#Cc2cnc(C#N)c(Cl)c2)cc1.N#Cc1ncc(Cl)cc1Cl. The van der Waals surface area contributed by atoms with Gasteiger partial charge in [0.15, 0.2) is 11.4 Å². The predicted molar refractivity (Wildman–Crippen MR) is 121 cm³/mol. The zero-order valence-electron chi connectivity index (χ0n) is 16.4. The van der Waals surface area contributed by atoms with Gasteiger partial charge in [-0.1, -0.05) is 53.6 Å². The maximum atomic E-state index is 8.76. The van der Waals surface area contributed by atoms with Gasteiger partial charge < -0.3 is 4.74 Å². The molecule has 0 atom stereocenters. The van der Waals surface area contributed by atoms with E-state index in [-0.39, 0.29) is 16.4 Å². The van der Waals surface area contributed by atoms with Gasteiger partial charge in [0.05, 0.1) is 21.7 Å². The van der Waals surface area contributed by atoms with Crippen molar-refractivity contribution in [3.05, 3.63) is 86.4 Å². The molecule has 0 saturated heterocycles. The predicted octanol–water partition coefficient (Wildman–Crippen LogP) is 6.06. The van der Waals surface area contributed by atoms with Crippen LogP contribution in [0.25, 0.3) is 0 Å². The molecule has 0 bridgehead atoms. The van der Waals surface area contributed by atoms with Crippen LogP contribution in [0.4, 0.5) is 0 Å². The molecule has 154 valence electrons. The second-order valence-electron chi connectivity index (χ2n) is 5.88. The largest absolute Gasteiger partial charge is 0.494 e. The summed E-state index contributed by atoms with van der Waals surface area (Å²) >= 11 is 17.0. The van der Waals surface area contributed by atoms with Gasteiger partial charge in [-0.15, -0.1) is 0 Å². The highest BCUT2D eigenvalue weighted by atomic mass is 35.5. The number of halogens is 3. The number of hydrogen-bond donors (Lipinski definition) is 0. The molecule has 0 aliphatic rings. The van der Waals surface area contributed by atoms with Gasteiger partial charge in [0.1, 0.15) is 17.9 Å². The molecule has 8 heteroatoms. The minimum atomic E-state index is 0.200. The summed E-state index contributed by atoms with van der Waals surface area (Å²) in [4.78, 5) is 7.61. The van der Waals surface area contributed by atoms with E-state index in [4.69, 9.17) is 50.1 Å². The molecular weight excluding hydrogens is 455 g/mol. The number of rotatable bonds is 3. The molecule has 2 aromatic heterocycles. The van der Waals surface area contributed by atoms with E-state index in [0.29, 0.717) is 22.2 Å². The first-order chi connectivity index (χ1) is 15.0. The monoisotopic (exact) mass is 468 g/mol. The number of benzene rings is 1. The summed E-state index contributed by atoms with van der Waals surface area (Å²) in [5, 5.41) is 18.2. The number of ether oxygens (including phenoxy) is 1. The van der Waals surface area contributed by atoms with Gasteiger partial charge in [0.25, 0.3) is 0 Å². The molecule has 5 nitrogen and oxygen atoms in total. The van der Waals surface area contributed by atoms with Crippen molar-refractivity contribution < 1.29 is 4.74 Å². The van der Waals surface area contributed by atoms with E-state index in [1.54, 1.807) is 6.07 Å². The molecular formula is C23H15Cl3N4O. The van der Waals surface area contributed by atoms with Crippen LogP contribution >= 0.6 is 34.8 Å². The lowest BCUT2D eigenvalue weighted by Gasteiger charge is -2.03. The summed E-state index contributed by atoms with van der Waals surface area (Å²) < 4.78 is 5.51. The lowest BCUT2D eigenvalue weighted by Crippen LogP contribution is -1.94. The van der Waals surface area contributed by atoms with Crippen molar-refractivity contribution in [1.29, 1.82) is 10.5 Å². The fourth-order valence-electron chi connectivity index (χ4n) is 2.08. The van der Waals surface area contributed by atoms with Crippen LogP contribution in [-0.4, -0.2) is 16.6 Å². The summed E-state index contributed by atoms with van der Waals surface area (Å²) in [6.45, 7) is 2.77. The van der Waals surface area contributed by atoms with Crippen LogP contribution in [0.15, 0.2) is 48.8 Å². The molecule has 0 aliphatic carbocycles. The van der Waals surface area contributed by atoms with Crippen LogP contribution in [0.1, 0.15) is 35.9 Å². The van der Waals surface area contributed by atoms with Crippen molar-refractivity contribution in [3.63, 3.8) is 0 Å². The van der Waals surface area contributed by atoms with E-state index in [1.165, 1.54) is 18.5 Å². The van der Waals surface area contributed by atoms with Crippen molar-refractivity contribution in [2.45, 2.75) is 13.3 Å². The van der Waals surface area contributed by atoms with E-state index < -0.39 is 0 Å². The van der Waals surface area contributed by atoms with Crippen LogP contribution < -0.4 is 4.74 Å². The highest BCUT2D eigenvalue weighted by Gasteiger charge is 2.01. The molecule has 3 rings (SSSR count). The molecule has 0 amide bonds. The Morgan fingerprint density at radius 2 is 1.42 bits per heavy atom. The van der Waals surface area contributed by atoms with Crippen molar-refractivity contribution in [1.82, 2.24) is 9.97 Å². The van der Waals surface area contributed by atoms with Gasteiger partial charge in [0, 0.05) is 23.5 Å². The van der Waals surface area contributed by atoms with Gasteiger partial charge in [0.2, 0.25) is 0 Å². The van der Waals surface area contributed by atoms with E-state index in [2.05, 4.69) is 28.7 Å². The third kappa shape index (κ3) is 7.82. The third-order valence-electron chi connectivity index (χ3n) is 3.54. The molecule has 31 heavy (non-hydrogen) atoms. The second kappa shape index (κ2) is 12.4. The Morgan fingerprint density at radius 1 is 0.839 bits per heavy atom. The number of nitriles is 2. The van der Waals surface area contributed by atoms with Crippen molar-refractivity contribution in [2.24, 2.45) is 0 Å². The summed E-state index contributed by atoms with van der Waals surface area (Å²) in [5.41, 5.74) is 1.95. The zero-order valence-corrected chi connectivity index (χ0v) is 18.6. The first kappa shape index (κ1) is 24.0. The van der Waals surface area contributed by atoms with Crippen molar-refractivity contribution >= 4 is 34.8 Å². The molecule has 0 aliphatic heterocycles. The van der Waals surface area contributed by atoms with Gasteiger partial charge in [-0.25, -0.2) is 9.97 Å². The average molecular weight is 470 g/mol. The Kier molecular flexibility index (Phi) is 9.63. The molecule has 0 unspecified atom stereocenters. The fraction of sp³-hybridized carbons (Fsp3) is 0.130. The Bertz CT molecular complexity index is 1190. The average Bonchev–Trinajstić information content (AvgIpc) is 2.77. The van der Waals surface area contributed by atoms with Gasteiger partial charge >= 0.3 is 0 Å². The Balaban J connectivity index is 0.000000285. The van der Waals surface area contributed by atoms with Crippen LogP contribution in [0, 0.1) is 34.5 Å². The summed E-state index contributed by atoms with van der Waals surface area (Å²) in [7, 11) is 0. The summed E-state index contributed by atoms with van der Waals surface area (Å²) in [5.74, 6) is 6.83. The normalized spacial score (nSPS) is 9.23. The van der Waals surface area contributed by atoms with Crippen LogP contribution in [0.2, 0.25) is 15.1 Å². The van der Waals surface area contributed by atoms with Crippen LogP contribution in [0.5, 0.6) is 5.75 Å². The minimum absolute atomic E-state index is 0.200. The molecule has 0 N–H and O–H groups in total. The standard InChI is InChI=1S/C17H13ClN2O.C6H2Cl2N2/c1-2-9-21-15-7-5-13(6-8-15)3-4-14-10-16(18)17(11-19)20-12-14;7-4-1-5(8)6(2-9)10-3-4/h5-8,10,12H,2,9H2,1H3;1,3H.